The van der Waals surface area contributed by atoms with Crippen LogP contribution in [0.5, 0.6) is 0 Å². The van der Waals surface area contributed by atoms with Gasteiger partial charge in [0.25, 0.3) is 0 Å². The summed E-state index contributed by atoms with van der Waals surface area (Å²) < 4.78 is 4.87. The van der Waals surface area contributed by atoms with Gasteiger partial charge in [0.05, 0.1) is 29.8 Å². The van der Waals surface area contributed by atoms with Crippen molar-refractivity contribution in [2.45, 2.75) is 51.4 Å². The summed E-state index contributed by atoms with van der Waals surface area (Å²) in [6, 6.07) is 20.3. The maximum absolute atomic E-state index is 11.9. The summed E-state index contributed by atoms with van der Waals surface area (Å²) in [5, 5.41) is 3.67. The van der Waals surface area contributed by atoms with Gasteiger partial charge in [-0.15, -0.1) is 0 Å². The van der Waals surface area contributed by atoms with Gasteiger partial charge in [0.15, 0.2) is 0 Å². The monoisotopic (exact) mass is 438 g/mol. The number of rotatable bonds is 2. The van der Waals surface area contributed by atoms with E-state index < -0.39 is 0 Å². The van der Waals surface area contributed by atoms with E-state index in [1.54, 1.807) is 12.1 Å². The highest BCUT2D eigenvalue weighted by Crippen LogP contribution is 2.48. The van der Waals surface area contributed by atoms with E-state index in [0.29, 0.717) is 5.56 Å². The van der Waals surface area contributed by atoms with Gasteiger partial charge >= 0.3 is 5.97 Å². The van der Waals surface area contributed by atoms with Crippen molar-refractivity contribution >= 4 is 28.7 Å². The van der Waals surface area contributed by atoms with E-state index in [2.05, 4.69) is 51.2 Å². The first-order chi connectivity index (χ1) is 15.7. The quantitative estimate of drug-likeness (QED) is 0.341. The molecule has 2 aliphatic rings. The van der Waals surface area contributed by atoms with Crippen molar-refractivity contribution in [2.75, 3.05) is 12.4 Å². The highest BCUT2D eigenvalue weighted by atomic mass is 16.5. The largest absolute Gasteiger partial charge is 0.465 e. The van der Waals surface area contributed by atoms with Crippen LogP contribution in [0.3, 0.4) is 0 Å². The van der Waals surface area contributed by atoms with Gasteiger partial charge in [-0.1, -0.05) is 52.0 Å². The molecule has 0 spiro atoms. The lowest BCUT2D eigenvalue weighted by molar-refractivity contribution is 0.0600. The second-order valence-electron chi connectivity index (χ2n) is 10.4. The molecular weight excluding hydrogens is 408 g/mol. The fourth-order valence-corrected chi connectivity index (χ4v) is 5.02. The van der Waals surface area contributed by atoms with Crippen molar-refractivity contribution in [1.82, 2.24) is 0 Å². The Balaban J connectivity index is 1.75. The number of fused-ring (bicyclic) bond motifs is 3. The van der Waals surface area contributed by atoms with Crippen molar-refractivity contribution in [1.29, 1.82) is 0 Å². The first-order valence-electron chi connectivity index (χ1n) is 11.5. The fraction of sp³-hybridized carbons (Fsp3) is 0.310. The number of nitrogens with one attached hydrogen (secondary N) is 1. The second kappa shape index (κ2) is 7.58. The molecule has 0 aromatic heterocycles. The highest BCUT2D eigenvalue weighted by molar-refractivity contribution is 6.19. The first-order valence-corrected chi connectivity index (χ1v) is 11.5. The molecular formula is C29H30N2O2. The number of esters is 1. The molecule has 4 nitrogen and oxygen atoms in total. The molecule has 0 saturated heterocycles. The molecule has 0 radical (unpaired) electrons. The summed E-state index contributed by atoms with van der Waals surface area (Å²) in [7, 11) is 1.40. The molecule has 0 atom stereocenters. The predicted molar refractivity (Wildman–Crippen MR) is 135 cm³/mol. The Morgan fingerprint density at radius 2 is 1.52 bits per heavy atom. The Kier molecular flexibility index (Phi) is 4.93. The maximum atomic E-state index is 11.9. The van der Waals surface area contributed by atoms with Gasteiger partial charge in [-0.3, -0.25) is 0 Å². The third-order valence-electron chi connectivity index (χ3n) is 7.23. The van der Waals surface area contributed by atoms with E-state index in [1.165, 1.54) is 18.2 Å². The van der Waals surface area contributed by atoms with Crippen molar-refractivity contribution in [3.8, 4) is 0 Å². The van der Waals surface area contributed by atoms with E-state index in [0.717, 1.165) is 46.7 Å². The summed E-state index contributed by atoms with van der Waals surface area (Å²) in [6.45, 7) is 9.37. The number of carbonyl (C=O) groups is 1. The molecule has 0 unspecified atom stereocenters. The van der Waals surface area contributed by atoms with Crippen LogP contribution in [0.4, 0.5) is 17.1 Å². The summed E-state index contributed by atoms with van der Waals surface area (Å²) >= 11 is 0. The van der Waals surface area contributed by atoms with Gasteiger partial charge in [0.1, 0.15) is 0 Å². The van der Waals surface area contributed by atoms with Crippen LogP contribution in [-0.2, 0) is 15.6 Å². The number of carbonyl (C=O) groups excluding carboxylic acids is 1. The SMILES string of the molecule is COC(=O)c1ccc(C2=Nc3ccccc3Nc3cc4c(cc32)C(C)(C)CCC4(C)C)cc1. The topological polar surface area (TPSA) is 50.7 Å². The Bertz CT molecular complexity index is 1280. The smallest absolute Gasteiger partial charge is 0.337 e. The Hall–Kier alpha value is -3.40. The van der Waals surface area contributed by atoms with Crippen LogP contribution in [0.2, 0.25) is 0 Å². The van der Waals surface area contributed by atoms with Gasteiger partial charge < -0.3 is 10.1 Å². The lowest BCUT2D eigenvalue weighted by atomic mass is 9.62. The Labute approximate surface area is 195 Å². The number of benzene rings is 3. The molecule has 1 heterocycles. The van der Waals surface area contributed by atoms with E-state index in [4.69, 9.17) is 9.73 Å². The van der Waals surface area contributed by atoms with Gasteiger partial charge in [0.2, 0.25) is 0 Å². The number of para-hydroxylation sites is 2. The fourth-order valence-electron chi connectivity index (χ4n) is 5.02. The Morgan fingerprint density at radius 3 is 2.18 bits per heavy atom. The maximum Gasteiger partial charge on any atom is 0.337 e. The van der Waals surface area contributed by atoms with Crippen LogP contribution >= 0.6 is 0 Å². The molecule has 5 rings (SSSR count). The number of hydrogen-bond donors (Lipinski definition) is 1. The lowest BCUT2D eigenvalue weighted by Gasteiger charge is -2.42. The lowest BCUT2D eigenvalue weighted by Crippen LogP contribution is -2.34. The van der Waals surface area contributed by atoms with Gasteiger partial charge in [-0.2, -0.15) is 0 Å². The molecule has 33 heavy (non-hydrogen) atoms. The van der Waals surface area contributed by atoms with Gasteiger partial charge in [-0.05, 0) is 71.2 Å². The van der Waals surface area contributed by atoms with Crippen LogP contribution in [-0.4, -0.2) is 18.8 Å². The summed E-state index contributed by atoms with van der Waals surface area (Å²) in [5.41, 5.74) is 9.46. The summed E-state index contributed by atoms with van der Waals surface area (Å²) in [4.78, 5) is 17.1. The van der Waals surface area contributed by atoms with E-state index in [-0.39, 0.29) is 16.8 Å². The van der Waals surface area contributed by atoms with E-state index in [1.807, 2.05) is 30.3 Å². The predicted octanol–water partition coefficient (Wildman–Crippen LogP) is 7.05. The molecule has 3 aromatic carbocycles. The first kappa shape index (κ1) is 21.4. The number of aliphatic imine (C=N–C) groups is 1. The average Bonchev–Trinajstić information content (AvgIpc) is 2.97. The molecule has 3 aromatic rings. The molecule has 0 saturated carbocycles. The number of methoxy groups -OCH3 is 1. The van der Waals surface area contributed by atoms with Gasteiger partial charge in [0, 0.05) is 16.8 Å². The molecule has 4 heteroatoms. The molecule has 0 amide bonds. The van der Waals surface area contributed by atoms with Crippen LogP contribution in [0.1, 0.15) is 73.1 Å². The van der Waals surface area contributed by atoms with Crippen LogP contribution in [0.25, 0.3) is 0 Å². The van der Waals surface area contributed by atoms with Crippen molar-refractivity contribution in [2.24, 2.45) is 4.99 Å². The minimum Gasteiger partial charge on any atom is -0.465 e. The molecule has 0 fully saturated rings. The molecule has 1 aliphatic carbocycles. The number of hydrogen-bond acceptors (Lipinski definition) is 4. The number of ether oxygens (including phenoxy) is 1. The summed E-state index contributed by atoms with van der Waals surface area (Å²) in [5.74, 6) is -0.338. The third-order valence-corrected chi connectivity index (χ3v) is 7.23. The van der Waals surface area contributed by atoms with E-state index in [9.17, 15) is 4.79 Å². The van der Waals surface area contributed by atoms with Crippen molar-refractivity contribution in [3.05, 3.63) is 88.5 Å². The standard InChI is InChI=1S/C29H30N2O2/c1-28(2)14-15-29(3,4)22-17-25-20(16-21(22)28)26(31-24-9-7-6-8-23(24)30-25)18-10-12-19(13-11-18)27(32)33-5/h6-13,16-17,30H,14-15H2,1-5H3. The molecule has 168 valence electrons. The number of nitrogens with zero attached hydrogens (tertiary/aromatic N) is 1. The van der Waals surface area contributed by atoms with Crippen molar-refractivity contribution < 1.29 is 9.53 Å². The zero-order chi connectivity index (χ0) is 23.4. The average molecular weight is 439 g/mol. The highest BCUT2D eigenvalue weighted by Gasteiger charge is 2.38. The van der Waals surface area contributed by atoms with Crippen LogP contribution in [0.15, 0.2) is 65.7 Å². The van der Waals surface area contributed by atoms with Crippen molar-refractivity contribution in [3.63, 3.8) is 0 Å². The molecule has 1 aliphatic heterocycles. The molecule has 1 N–H and O–H groups in total. The Morgan fingerprint density at radius 1 is 0.879 bits per heavy atom. The summed E-state index contributed by atoms with van der Waals surface area (Å²) in [6.07, 6.45) is 2.32. The number of anilines is 2. The van der Waals surface area contributed by atoms with E-state index >= 15 is 0 Å². The third kappa shape index (κ3) is 3.64. The minimum atomic E-state index is -0.338. The normalized spacial score (nSPS) is 17.4. The van der Waals surface area contributed by atoms with Gasteiger partial charge in [-0.25, -0.2) is 9.79 Å². The zero-order valence-electron chi connectivity index (χ0n) is 20.0. The zero-order valence-corrected chi connectivity index (χ0v) is 20.0. The molecule has 0 bridgehead atoms. The minimum absolute atomic E-state index is 0.0961. The van der Waals surface area contributed by atoms with Crippen LogP contribution < -0.4 is 5.32 Å². The van der Waals surface area contributed by atoms with Crippen LogP contribution in [0, 0.1) is 0 Å². The second-order valence-corrected chi connectivity index (χ2v) is 10.4.